The lowest BCUT2D eigenvalue weighted by molar-refractivity contribution is 0.235. The third kappa shape index (κ3) is 2.10. The highest BCUT2D eigenvalue weighted by atomic mass is 15.3. The summed E-state index contributed by atoms with van der Waals surface area (Å²) in [6.45, 7) is 4.08. The van der Waals surface area contributed by atoms with Gasteiger partial charge in [-0.25, -0.2) is 4.98 Å². The van der Waals surface area contributed by atoms with Gasteiger partial charge in [0, 0.05) is 51.2 Å². The summed E-state index contributed by atoms with van der Waals surface area (Å²) in [6.07, 6.45) is 6.86. The van der Waals surface area contributed by atoms with Gasteiger partial charge in [0.1, 0.15) is 0 Å². The zero-order chi connectivity index (χ0) is 11.7. The van der Waals surface area contributed by atoms with Crippen LogP contribution in [0.15, 0.2) is 24.8 Å². The Balaban J connectivity index is 1.61. The van der Waals surface area contributed by atoms with Crippen molar-refractivity contribution in [3.63, 3.8) is 0 Å². The summed E-state index contributed by atoms with van der Waals surface area (Å²) in [5.41, 5.74) is 2.62. The van der Waals surface area contributed by atoms with Crippen molar-refractivity contribution >= 4 is 0 Å². The first-order chi connectivity index (χ1) is 8.33. The molecule has 0 saturated heterocycles. The van der Waals surface area contributed by atoms with E-state index in [0.717, 1.165) is 32.6 Å². The molecule has 90 valence electrons. The maximum Gasteiger partial charge on any atom is 0.0949 e. The molecule has 0 saturated carbocycles. The molecular formula is C12H17N5. The van der Waals surface area contributed by atoms with Gasteiger partial charge in [0.2, 0.25) is 0 Å². The van der Waals surface area contributed by atoms with Crippen molar-refractivity contribution in [2.45, 2.75) is 19.5 Å². The second-order valence-corrected chi connectivity index (χ2v) is 4.54. The van der Waals surface area contributed by atoms with Crippen LogP contribution in [0.1, 0.15) is 11.4 Å². The Morgan fingerprint density at radius 2 is 2.29 bits per heavy atom. The minimum absolute atomic E-state index is 0.954. The average molecular weight is 231 g/mol. The predicted octanol–water partition coefficient (Wildman–Crippen LogP) is 0.675. The zero-order valence-corrected chi connectivity index (χ0v) is 10.1. The van der Waals surface area contributed by atoms with Crippen LogP contribution in [0.3, 0.4) is 0 Å². The molecule has 5 heteroatoms. The van der Waals surface area contributed by atoms with Crippen LogP contribution < -0.4 is 0 Å². The summed E-state index contributed by atoms with van der Waals surface area (Å²) < 4.78 is 4.12. The van der Waals surface area contributed by atoms with E-state index < -0.39 is 0 Å². The van der Waals surface area contributed by atoms with Crippen molar-refractivity contribution in [2.75, 3.05) is 13.1 Å². The van der Waals surface area contributed by atoms with Crippen molar-refractivity contribution in [2.24, 2.45) is 7.05 Å². The van der Waals surface area contributed by atoms with E-state index in [9.17, 15) is 0 Å². The van der Waals surface area contributed by atoms with Crippen LogP contribution in [-0.4, -0.2) is 37.3 Å². The Bertz CT molecular complexity index is 485. The maximum atomic E-state index is 4.45. The summed E-state index contributed by atoms with van der Waals surface area (Å²) in [5, 5.41) is 4.22. The van der Waals surface area contributed by atoms with E-state index in [0.29, 0.717) is 0 Å². The molecule has 0 bridgehead atoms. The van der Waals surface area contributed by atoms with Gasteiger partial charge in [0.05, 0.1) is 18.6 Å². The first-order valence-corrected chi connectivity index (χ1v) is 6.02. The molecule has 0 amide bonds. The highest BCUT2D eigenvalue weighted by Crippen LogP contribution is 2.16. The number of hydrogen-bond acceptors (Lipinski definition) is 3. The summed E-state index contributed by atoms with van der Waals surface area (Å²) >= 11 is 0. The monoisotopic (exact) mass is 231 g/mol. The van der Waals surface area contributed by atoms with Gasteiger partial charge in [-0.1, -0.05) is 0 Å². The normalized spacial score (nSPS) is 16.1. The fourth-order valence-electron chi connectivity index (χ4n) is 2.38. The number of imidazole rings is 1. The van der Waals surface area contributed by atoms with Crippen molar-refractivity contribution in [1.82, 2.24) is 24.2 Å². The SMILES string of the molecule is Cn1cnc2c1CCN(CCn1cccn1)C2. The summed E-state index contributed by atoms with van der Waals surface area (Å²) in [7, 11) is 2.07. The highest BCUT2D eigenvalue weighted by Gasteiger charge is 2.19. The Labute approximate surface area is 101 Å². The van der Waals surface area contributed by atoms with Crippen LogP contribution in [0, 0.1) is 0 Å². The average Bonchev–Trinajstić information content (AvgIpc) is 2.97. The Kier molecular flexibility index (Phi) is 2.68. The number of hydrogen-bond donors (Lipinski definition) is 0. The Hall–Kier alpha value is -1.62. The molecule has 3 heterocycles. The van der Waals surface area contributed by atoms with Crippen LogP contribution >= 0.6 is 0 Å². The standard InChI is InChI=1S/C12H17N5/c1-15-10-13-11-9-16(6-3-12(11)15)7-8-17-5-2-4-14-17/h2,4-5,10H,3,6-9H2,1H3. The van der Waals surface area contributed by atoms with Crippen LogP contribution in [0.25, 0.3) is 0 Å². The van der Waals surface area contributed by atoms with E-state index in [1.807, 2.05) is 29.5 Å². The quantitative estimate of drug-likeness (QED) is 0.779. The number of rotatable bonds is 3. The van der Waals surface area contributed by atoms with Gasteiger partial charge in [-0.15, -0.1) is 0 Å². The van der Waals surface area contributed by atoms with Crippen LogP contribution in [-0.2, 0) is 26.6 Å². The van der Waals surface area contributed by atoms with Crippen LogP contribution in [0.4, 0.5) is 0 Å². The van der Waals surface area contributed by atoms with E-state index in [-0.39, 0.29) is 0 Å². The molecule has 0 aromatic carbocycles. The Morgan fingerprint density at radius 1 is 1.35 bits per heavy atom. The van der Waals surface area contributed by atoms with E-state index in [1.165, 1.54) is 11.4 Å². The molecule has 5 nitrogen and oxygen atoms in total. The molecule has 0 atom stereocenters. The maximum absolute atomic E-state index is 4.45. The number of aromatic nitrogens is 4. The lowest BCUT2D eigenvalue weighted by atomic mass is 10.1. The molecule has 1 aliphatic rings. The molecule has 0 N–H and O–H groups in total. The highest BCUT2D eigenvalue weighted by molar-refractivity contribution is 5.16. The summed E-state index contributed by atoms with van der Waals surface area (Å²) in [4.78, 5) is 6.89. The summed E-state index contributed by atoms with van der Waals surface area (Å²) in [6, 6.07) is 1.97. The first-order valence-electron chi connectivity index (χ1n) is 6.02. The largest absolute Gasteiger partial charge is 0.337 e. The van der Waals surface area contributed by atoms with Crippen LogP contribution in [0.5, 0.6) is 0 Å². The van der Waals surface area contributed by atoms with E-state index in [4.69, 9.17) is 0 Å². The molecule has 2 aromatic rings. The van der Waals surface area contributed by atoms with Gasteiger partial charge < -0.3 is 4.57 Å². The third-order valence-corrected chi connectivity index (χ3v) is 3.39. The number of aryl methyl sites for hydroxylation is 1. The second kappa shape index (κ2) is 4.33. The lowest BCUT2D eigenvalue weighted by Gasteiger charge is -2.26. The van der Waals surface area contributed by atoms with E-state index >= 15 is 0 Å². The second-order valence-electron chi connectivity index (χ2n) is 4.54. The molecule has 0 radical (unpaired) electrons. The number of fused-ring (bicyclic) bond motifs is 1. The molecule has 17 heavy (non-hydrogen) atoms. The van der Waals surface area contributed by atoms with Crippen LogP contribution in [0.2, 0.25) is 0 Å². The van der Waals surface area contributed by atoms with Gasteiger partial charge in [0.15, 0.2) is 0 Å². The molecule has 0 spiro atoms. The summed E-state index contributed by atoms with van der Waals surface area (Å²) in [5.74, 6) is 0. The molecule has 0 fully saturated rings. The van der Waals surface area contributed by atoms with Crippen molar-refractivity contribution < 1.29 is 0 Å². The van der Waals surface area contributed by atoms with Gasteiger partial charge >= 0.3 is 0 Å². The molecule has 2 aromatic heterocycles. The predicted molar refractivity (Wildman–Crippen MR) is 64.4 cm³/mol. The van der Waals surface area contributed by atoms with E-state index in [1.54, 1.807) is 0 Å². The lowest BCUT2D eigenvalue weighted by Crippen LogP contribution is -2.33. The molecule has 1 aliphatic heterocycles. The third-order valence-electron chi connectivity index (χ3n) is 3.39. The molecule has 3 rings (SSSR count). The van der Waals surface area contributed by atoms with Crippen molar-refractivity contribution in [1.29, 1.82) is 0 Å². The van der Waals surface area contributed by atoms with E-state index in [2.05, 4.69) is 26.6 Å². The van der Waals surface area contributed by atoms with Crippen molar-refractivity contribution in [3.8, 4) is 0 Å². The van der Waals surface area contributed by atoms with Gasteiger partial charge in [-0.2, -0.15) is 5.10 Å². The van der Waals surface area contributed by atoms with Gasteiger partial charge in [-0.05, 0) is 6.07 Å². The number of nitrogens with zero attached hydrogens (tertiary/aromatic N) is 5. The fraction of sp³-hybridized carbons (Fsp3) is 0.500. The minimum Gasteiger partial charge on any atom is -0.337 e. The van der Waals surface area contributed by atoms with Gasteiger partial charge in [-0.3, -0.25) is 9.58 Å². The van der Waals surface area contributed by atoms with Gasteiger partial charge in [0.25, 0.3) is 0 Å². The van der Waals surface area contributed by atoms with Crippen molar-refractivity contribution in [3.05, 3.63) is 36.2 Å². The Morgan fingerprint density at radius 3 is 3.12 bits per heavy atom. The smallest absolute Gasteiger partial charge is 0.0949 e. The molecule has 0 unspecified atom stereocenters. The first kappa shape index (κ1) is 10.5. The fourth-order valence-corrected chi connectivity index (χ4v) is 2.38. The molecule has 0 aliphatic carbocycles. The minimum atomic E-state index is 0.954. The zero-order valence-electron chi connectivity index (χ0n) is 10.1. The topological polar surface area (TPSA) is 38.9 Å². The molecular weight excluding hydrogens is 214 g/mol.